The second-order valence-corrected chi connectivity index (χ2v) is 4.20. The topological polar surface area (TPSA) is 67.8 Å². The molecule has 0 bridgehead atoms. The highest BCUT2D eigenvalue weighted by molar-refractivity contribution is 6.30. The predicted octanol–water partition coefficient (Wildman–Crippen LogP) is 1.53. The summed E-state index contributed by atoms with van der Waals surface area (Å²) in [5.74, 6) is 0. The predicted molar refractivity (Wildman–Crippen MR) is 69.5 cm³/mol. The normalized spacial score (nSPS) is 10.6. The number of hydrogen-bond donors (Lipinski definition) is 1. The monoisotopic (exact) mass is 265 g/mol. The largest absolute Gasteiger partial charge is 0.334 e. The number of hydrogen-bond acceptors (Lipinski definition) is 3. The van der Waals surface area contributed by atoms with Crippen LogP contribution in [-0.2, 0) is 6.42 Å². The number of pyridine rings is 1. The summed E-state index contributed by atoms with van der Waals surface area (Å²) in [6.07, 6.45) is 4.33. The Morgan fingerprint density at radius 1 is 1.44 bits per heavy atom. The molecule has 94 valence electrons. The molecule has 0 aliphatic heterocycles. The summed E-state index contributed by atoms with van der Waals surface area (Å²) in [6, 6.07) is 3.31. The fraction of sp³-hybridized carbons (Fsp3) is 0.250. The first-order valence-corrected chi connectivity index (χ1v) is 5.97. The molecule has 0 amide bonds. The lowest BCUT2D eigenvalue weighted by molar-refractivity contribution is 0.809. The van der Waals surface area contributed by atoms with Crippen molar-refractivity contribution >= 4 is 11.6 Å². The summed E-state index contributed by atoms with van der Waals surface area (Å²) in [5, 5.41) is 0.118. The molecule has 2 aromatic rings. The van der Waals surface area contributed by atoms with Crippen molar-refractivity contribution in [1.29, 1.82) is 0 Å². The van der Waals surface area contributed by atoms with Gasteiger partial charge in [0, 0.05) is 6.20 Å². The van der Waals surface area contributed by atoms with Gasteiger partial charge < -0.3 is 0 Å². The minimum Gasteiger partial charge on any atom is -0.297 e. The Balaban J connectivity index is 2.73. The third-order valence-electron chi connectivity index (χ3n) is 2.55. The smallest absolute Gasteiger partial charge is 0.297 e. The molecule has 0 unspecified atom stereocenters. The molecule has 5 nitrogen and oxygen atoms in total. The van der Waals surface area contributed by atoms with Gasteiger partial charge in [-0.3, -0.25) is 14.8 Å². The van der Waals surface area contributed by atoms with Gasteiger partial charge in [-0.1, -0.05) is 24.9 Å². The van der Waals surface area contributed by atoms with Crippen molar-refractivity contribution in [3.05, 3.63) is 56.1 Å². The summed E-state index contributed by atoms with van der Waals surface area (Å²) < 4.78 is 1.05. The second kappa shape index (κ2) is 5.18. The minimum atomic E-state index is -0.558. The first-order chi connectivity index (χ1) is 8.65. The zero-order valence-electron chi connectivity index (χ0n) is 9.81. The molecule has 0 saturated heterocycles. The van der Waals surface area contributed by atoms with Gasteiger partial charge in [-0.15, -0.1) is 0 Å². The van der Waals surface area contributed by atoms with Gasteiger partial charge in [0.05, 0.1) is 17.4 Å². The molecule has 2 heterocycles. The van der Waals surface area contributed by atoms with Crippen molar-refractivity contribution in [2.45, 2.75) is 19.8 Å². The Morgan fingerprint density at radius 2 is 2.22 bits per heavy atom. The van der Waals surface area contributed by atoms with E-state index in [0.29, 0.717) is 17.7 Å². The van der Waals surface area contributed by atoms with Crippen molar-refractivity contribution in [1.82, 2.24) is 14.5 Å². The number of aromatic amines is 1. The Labute approximate surface area is 108 Å². The molecule has 2 aromatic heterocycles. The molecule has 0 saturated carbocycles. The van der Waals surface area contributed by atoms with E-state index in [2.05, 4.69) is 9.97 Å². The average molecular weight is 266 g/mol. The van der Waals surface area contributed by atoms with Gasteiger partial charge in [-0.25, -0.2) is 9.36 Å². The van der Waals surface area contributed by atoms with Crippen molar-refractivity contribution in [3.8, 4) is 5.69 Å². The number of rotatable bonds is 3. The summed E-state index contributed by atoms with van der Waals surface area (Å²) in [4.78, 5) is 30.4. The van der Waals surface area contributed by atoms with Crippen molar-refractivity contribution in [3.63, 3.8) is 0 Å². The van der Waals surface area contributed by atoms with Crippen LogP contribution in [0.4, 0.5) is 0 Å². The van der Waals surface area contributed by atoms with Crippen LogP contribution >= 0.6 is 11.6 Å². The molecule has 0 aliphatic carbocycles. The molecule has 18 heavy (non-hydrogen) atoms. The SMILES string of the molecule is CCCc1c(Cl)[nH]c(=O)n(-c2cccnc2)c1=O. The first-order valence-electron chi connectivity index (χ1n) is 5.59. The molecule has 0 aliphatic rings. The van der Waals surface area contributed by atoms with Gasteiger partial charge >= 0.3 is 5.69 Å². The molecule has 0 radical (unpaired) electrons. The average Bonchev–Trinajstić information content (AvgIpc) is 2.35. The van der Waals surface area contributed by atoms with Crippen LogP contribution in [0.25, 0.3) is 5.69 Å². The number of aromatic nitrogens is 3. The molecule has 0 aromatic carbocycles. The molecular weight excluding hydrogens is 254 g/mol. The van der Waals surface area contributed by atoms with E-state index in [0.717, 1.165) is 11.0 Å². The van der Waals surface area contributed by atoms with Crippen LogP contribution in [0, 0.1) is 0 Å². The van der Waals surface area contributed by atoms with Crippen LogP contribution in [0.15, 0.2) is 34.1 Å². The van der Waals surface area contributed by atoms with E-state index in [-0.39, 0.29) is 5.15 Å². The van der Waals surface area contributed by atoms with Gasteiger partial charge in [0.15, 0.2) is 0 Å². The van der Waals surface area contributed by atoms with Crippen LogP contribution in [-0.4, -0.2) is 14.5 Å². The van der Waals surface area contributed by atoms with Crippen LogP contribution in [0.1, 0.15) is 18.9 Å². The maximum atomic E-state index is 12.2. The standard InChI is InChI=1S/C12H12ClN3O2/c1-2-4-9-10(13)15-12(18)16(11(9)17)8-5-3-6-14-7-8/h3,5-7H,2,4H2,1H3,(H,15,18). The fourth-order valence-corrected chi connectivity index (χ4v) is 1.99. The second-order valence-electron chi connectivity index (χ2n) is 3.82. The molecule has 0 spiro atoms. The van der Waals surface area contributed by atoms with Gasteiger partial charge in [-0.2, -0.15) is 0 Å². The summed E-state index contributed by atoms with van der Waals surface area (Å²) >= 11 is 5.89. The zero-order valence-corrected chi connectivity index (χ0v) is 10.6. The maximum absolute atomic E-state index is 12.2. The van der Waals surface area contributed by atoms with Crippen molar-refractivity contribution in [2.24, 2.45) is 0 Å². The molecule has 2 rings (SSSR count). The third-order valence-corrected chi connectivity index (χ3v) is 2.87. The van der Waals surface area contributed by atoms with Gasteiger partial charge in [0.25, 0.3) is 5.56 Å². The van der Waals surface area contributed by atoms with E-state index in [4.69, 9.17) is 11.6 Å². The highest BCUT2D eigenvalue weighted by atomic mass is 35.5. The third kappa shape index (κ3) is 2.22. The Hall–Kier alpha value is -1.88. The summed E-state index contributed by atoms with van der Waals surface area (Å²) in [7, 11) is 0. The van der Waals surface area contributed by atoms with E-state index >= 15 is 0 Å². The number of H-pyrrole nitrogens is 1. The Bertz CT molecular complexity index is 661. The quantitative estimate of drug-likeness (QED) is 0.856. The maximum Gasteiger partial charge on any atom is 0.334 e. The lowest BCUT2D eigenvalue weighted by atomic mass is 10.2. The molecular formula is C12H12ClN3O2. The first kappa shape index (κ1) is 12.6. The van der Waals surface area contributed by atoms with Crippen LogP contribution < -0.4 is 11.2 Å². The summed E-state index contributed by atoms with van der Waals surface area (Å²) in [6.45, 7) is 1.94. The number of nitrogens with one attached hydrogen (secondary N) is 1. The number of nitrogens with zero attached hydrogens (tertiary/aromatic N) is 2. The minimum absolute atomic E-state index is 0.118. The highest BCUT2D eigenvalue weighted by Crippen LogP contribution is 2.09. The Kier molecular flexibility index (Phi) is 3.62. The molecule has 0 atom stereocenters. The molecule has 1 N–H and O–H groups in total. The highest BCUT2D eigenvalue weighted by Gasteiger charge is 2.13. The van der Waals surface area contributed by atoms with Crippen molar-refractivity contribution in [2.75, 3.05) is 0 Å². The van der Waals surface area contributed by atoms with E-state index in [1.165, 1.54) is 6.20 Å². The lowest BCUT2D eigenvalue weighted by Crippen LogP contribution is -2.36. The van der Waals surface area contributed by atoms with Gasteiger partial charge in [0.1, 0.15) is 5.15 Å². The number of halogens is 1. The van der Waals surface area contributed by atoms with Gasteiger partial charge in [-0.05, 0) is 18.6 Å². The molecule has 0 fully saturated rings. The lowest BCUT2D eigenvalue weighted by Gasteiger charge is -2.07. The fourth-order valence-electron chi connectivity index (χ4n) is 1.73. The van der Waals surface area contributed by atoms with Gasteiger partial charge in [0.2, 0.25) is 0 Å². The van der Waals surface area contributed by atoms with E-state index in [1.807, 2.05) is 6.92 Å². The van der Waals surface area contributed by atoms with Crippen LogP contribution in [0.2, 0.25) is 5.15 Å². The summed E-state index contributed by atoms with van der Waals surface area (Å²) in [5.41, 5.74) is -0.100. The van der Waals surface area contributed by atoms with Crippen LogP contribution in [0.5, 0.6) is 0 Å². The van der Waals surface area contributed by atoms with E-state index in [1.54, 1.807) is 18.3 Å². The molecule has 6 heteroatoms. The van der Waals surface area contributed by atoms with E-state index < -0.39 is 11.2 Å². The van der Waals surface area contributed by atoms with E-state index in [9.17, 15) is 9.59 Å². The van der Waals surface area contributed by atoms with Crippen molar-refractivity contribution < 1.29 is 0 Å². The Morgan fingerprint density at radius 3 is 2.83 bits per heavy atom. The zero-order chi connectivity index (χ0) is 13.1. The van der Waals surface area contributed by atoms with Crippen LogP contribution in [0.3, 0.4) is 0 Å².